The lowest BCUT2D eigenvalue weighted by Crippen LogP contribution is -2.71. The van der Waals surface area contributed by atoms with Gasteiger partial charge in [0.05, 0.1) is 11.1 Å². The van der Waals surface area contributed by atoms with Crippen LogP contribution < -0.4 is 27.0 Å². The molecule has 12 nitrogen and oxygen atoms in total. The van der Waals surface area contributed by atoms with E-state index in [2.05, 4.69) is 17.2 Å². The molecule has 210 valence electrons. The van der Waals surface area contributed by atoms with Crippen molar-refractivity contribution in [3.63, 3.8) is 0 Å². The first-order chi connectivity index (χ1) is 18.2. The van der Waals surface area contributed by atoms with Crippen LogP contribution in [-0.2, 0) is 22.6 Å². The molecule has 0 saturated carbocycles. The van der Waals surface area contributed by atoms with Gasteiger partial charge in [-0.15, -0.1) is 0 Å². The Bertz CT molecular complexity index is 1360. The Hall–Kier alpha value is -3.87. The summed E-state index contributed by atoms with van der Waals surface area (Å²) >= 11 is 0. The topological polar surface area (TPSA) is 211 Å². The number of phenolic OH excluding ortho intramolecular Hbond substituents is 1. The van der Waals surface area contributed by atoms with E-state index in [1.54, 1.807) is 25.1 Å². The third kappa shape index (κ3) is 4.15. The largest absolute Gasteiger partial charge is 0.511 e. The number of ketones is 2. The molecule has 4 rings (SSSR count). The zero-order valence-corrected chi connectivity index (χ0v) is 22.2. The average Bonchev–Trinajstić information content (AvgIpc) is 2.84. The molecule has 3 aliphatic rings. The van der Waals surface area contributed by atoms with Gasteiger partial charge < -0.3 is 47.4 Å². The standard InChI is InChI=1S/C27H35N5O7/c1-5-30-10-12(2)31-11-14-7-16(32(3)4)15-6-13-8-26(29)9-17(33)20(25(28)38)24(37)27(26,39)23(36)18(13)22(35)19(15)21(14)34/h7,13,30-31,33-34,36,39H,2,5-6,8-11,29H2,1,3-4H3,(H2,28,38)/t13-,26+,27-/m0/s1. The van der Waals surface area contributed by atoms with Gasteiger partial charge >= 0.3 is 0 Å². The summed E-state index contributed by atoms with van der Waals surface area (Å²) in [6.07, 6.45) is -0.536. The van der Waals surface area contributed by atoms with Crippen LogP contribution in [0.3, 0.4) is 0 Å². The Balaban J connectivity index is 1.85. The van der Waals surface area contributed by atoms with Crippen molar-refractivity contribution in [2.75, 3.05) is 32.1 Å². The van der Waals surface area contributed by atoms with Crippen molar-refractivity contribution >= 4 is 23.2 Å². The van der Waals surface area contributed by atoms with E-state index in [9.17, 15) is 34.8 Å². The number of amides is 1. The molecular formula is C27H35N5O7. The minimum atomic E-state index is -2.87. The number of nitrogens with one attached hydrogen (secondary N) is 2. The van der Waals surface area contributed by atoms with Crippen LogP contribution in [0.2, 0.25) is 0 Å². The molecule has 10 N–H and O–H groups in total. The molecule has 0 aromatic heterocycles. The van der Waals surface area contributed by atoms with Gasteiger partial charge in [0, 0.05) is 56.1 Å². The highest BCUT2D eigenvalue weighted by Crippen LogP contribution is 2.53. The number of aliphatic hydroxyl groups is 3. The van der Waals surface area contributed by atoms with Gasteiger partial charge in [-0.05, 0) is 36.9 Å². The normalized spacial score (nSPS) is 26.1. The highest BCUT2D eigenvalue weighted by atomic mass is 16.4. The minimum absolute atomic E-state index is 0.0574. The van der Waals surface area contributed by atoms with Crippen LogP contribution in [0.25, 0.3) is 0 Å². The van der Waals surface area contributed by atoms with Crippen molar-refractivity contribution in [3.8, 4) is 5.75 Å². The number of Topliss-reactive ketones (excluding diaryl/α,β-unsaturated/α-hetero) is 2. The third-order valence-electron chi connectivity index (χ3n) is 7.89. The molecule has 0 radical (unpaired) electrons. The Morgan fingerprint density at radius 1 is 1.26 bits per heavy atom. The highest BCUT2D eigenvalue weighted by Gasteiger charge is 2.66. The summed E-state index contributed by atoms with van der Waals surface area (Å²) in [5, 5.41) is 50.7. The van der Waals surface area contributed by atoms with Crippen LogP contribution >= 0.6 is 0 Å². The first-order valence-corrected chi connectivity index (χ1v) is 12.6. The van der Waals surface area contributed by atoms with E-state index in [1.807, 2.05) is 6.92 Å². The summed E-state index contributed by atoms with van der Waals surface area (Å²) in [7, 11) is 3.58. The van der Waals surface area contributed by atoms with Gasteiger partial charge in [0.25, 0.3) is 5.91 Å². The number of phenols is 1. The van der Waals surface area contributed by atoms with Crippen molar-refractivity contribution in [3.05, 3.63) is 57.7 Å². The van der Waals surface area contributed by atoms with E-state index in [4.69, 9.17) is 11.5 Å². The number of carbonyl (C=O) groups is 3. The number of allylic oxidation sites excluding steroid dienone is 1. The highest BCUT2D eigenvalue weighted by molar-refractivity contribution is 6.25. The predicted octanol–water partition coefficient (Wildman–Crippen LogP) is -0.0594. The molecule has 0 aliphatic heterocycles. The van der Waals surface area contributed by atoms with Crippen LogP contribution in [0.4, 0.5) is 5.69 Å². The molecule has 0 bridgehead atoms. The zero-order chi connectivity index (χ0) is 29.0. The maximum Gasteiger partial charge on any atom is 0.255 e. The fraction of sp³-hybridized carbons (Fsp3) is 0.444. The van der Waals surface area contributed by atoms with Gasteiger partial charge in [0.15, 0.2) is 5.78 Å². The number of primary amides is 1. The zero-order valence-electron chi connectivity index (χ0n) is 22.2. The SMILES string of the molecule is C=C(CNCC)NCc1cc(N(C)C)c2c(c1O)C(=O)C1=C(O)[C@]3(O)C(=O)C(C(N)=O)=C(O)C[C@]3(N)C[C@@H]1C2. The molecule has 0 saturated heterocycles. The van der Waals surface area contributed by atoms with E-state index in [1.165, 1.54) is 0 Å². The summed E-state index contributed by atoms with van der Waals surface area (Å²) < 4.78 is 0. The predicted molar refractivity (Wildman–Crippen MR) is 143 cm³/mol. The van der Waals surface area contributed by atoms with E-state index in [0.717, 1.165) is 6.54 Å². The summed E-state index contributed by atoms with van der Waals surface area (Å²) in [6, 6.07) is 1.76. The van der Waals surface area contributed by atoms with Crippen LogP contribution in [-0.4, -0.2) is 76.2 Å². The smallest absolute Gasteiger partial charge is 0.255 e. The first-order valence-electron chi connectivity index (χ1n) is 12.6. The summed E-state index contributed by atoms with van der Waals surface area (Å²) in [4.78, 5) is 40.8. The Labute approximate surface area is 225 Å². The van der Waals surface area contributed by atoms with Gasteiger partial charge in [-0.2, -0.15) is 0 Å². The van der Waals surface area contributed by atoms with Gasteiger partial charge in [-0.1, -0.05) is 13.5 Å². The number of rotatable bonds is 8. The Kier molecular flexibility index (Phi) is 7.00. The molecule has 3 aliphatic carbocycles. The molecular weight excluding hydrogens is 506 g/mol. The fourth-order valence-electron chi connectivity index (χ4n) is 5.94. The summed E-state index contributed by atoms with van der Waals surface area (Å²) in [6.45, 7) is 7.32. The number of carbonyl (C=O) groups excluding carboxylic acids is 3. The van der Waals surface area contributed by atoms with Crippen LogP contribution in [0.15, 0.2) is 41.0 Å². The molecule has 0 spiro atoms. The molecule has 0 unspecified atom stereocenters. The number of benzene rings is 1. The van der Waals surface area contributed by atoms with Crippen molar-refractivity contribution in [1.29, 1.82) is 0 Å². The van der Waals surface area contributed by atoms with Crippen molar-refractivity contribution in [1.82, 2.24) is 10.6 Å². The van der Waals surface area contributed by atoms with Crippen molar-refractivity contribution in [2.45, 2.75) is 43.9 Å². The lowest BCUT2D eigenvalue weighted by atomic mass is 9.56. The molecule has 3 atom stereocenters. The second-order valence-corrected chi connectivity index (χ2v) is 10.6. The van der Waals surface area contributed by atoms with E-state index < -0.39 is 58.0 Å². The Morgan fingerprint density at radius 2 is 1.92 bits per heavy atom. The molecule has 39 heavy (non-hydrogen) atoms. The number of nitrogens with two attached hydrogens (primary N) is 2. The summed E-state index contributed by atoms with van der Waals surface area (Å²) in [5.41, 5.74) is 7.98. The average molecular weight is 542 g/mol. The van der Waals surface area contributed by atoms with E-state index in [-0.39, 0.29) is 36.3 Å². The van der Waals surface area contributed by atoms with Gasteiger partial charge in [0.1, 0.15) is 22.8 Å². The van der Waals surface area contributed by atoms with Crippen molar-refractivity contribution < 1.29 is 34.8 Å². The number of aromatic hydroxyl groups is 1. The number of aliphatic hydroxyl groups excluding tert-OH is 2. The van der Waals surface area contributed by atoms with Gasteiger partial charge in [-0.3, -0.25) is 14.4 Å². The first kappa shape index (κ1) is 28.1. The number of anilines is 1. The lowest BCUT2D eigenvalue weighted by Gasteiger charge is -2.52. The van der Waals surface area contributed by atoms with Crippen LogP contribution in [0, 0.1) is 5.92 Å². The fourth-order valence-corrected chi connectivity index (χ4v) is 5.94. The molecule has 1 aromatic rings. The molecule has 12 heteroatoms. The molecule has 0 heterocycles. The van der Waals surface area contributed by atoms with Gasteiger partial charge in [0.2, 0.25) is 11.4 Å². The number of likely N-dealkylation sites (N-methyl/N-ethyl adjacent to an activating group) is 1. The Morgan fingerprint density at radius 3 is 2.51 bits per heavy atom. The van der Waals surface area contributed by atoms with E-state index in [0.29, 0.717) is 29.1 Å². The van der Waals surface area contributed by atoms with Gasteiger partial charge in [-0.25, -0.2) is 0 Å². The second-order valence-electron chi connectivity index (χ2n) is 10.6. The van der Waals surface area contributed by atoms with E-state index >= 15 is 0 Å². The quantitative estimate of drug-likeness (QED) is 0.204. The van der Waals surface area contributed by atoms with Crippen LogP contribution in [0.1, 0.15) is 41.3 Å². The van der Waals surface area contributed by atoms with Crippen LogP contribution in [0.5, 0.6) is 5.75 Å². The number of hydrogen-bond donors (Lipinski definition) is 8. The third-order valence-corrected chi connectivity index (χ3v) is 7.89. The maximum atomic E-state index is 13.9. The molecule has 1 amide bonds. The van der Waals surface area contributed by atoms with Crippen molar-refractivity contribution in [2.24, 2.45) is 17.4 Å². The monoisotopic (exact) mass is 541 g/mol. The lowest BCUT2D eigenvalue weighted by molar-refractivity contribution is -0.146. The second kappa shape index (κ2) is 9.70. The maximum absolute atomic E-state index is 13.9. The minimum Gasteiger partial charge on any atom is -0.511 e. The molecule has 1 aromatic carbocycles. The number of fused-ring (bicyclic) bond motifs is 3. The number of hydrogen-bond acceptors (Lipinski definition) is 11. The number of nitrogens with zero attached hydrogens (tertiary/aromatic N) is 1. The summed E-state index contributed by atoms with van der Waals surface area (Å²) in [5.74, 6) is -6.17. The molecule has 0 fully saturated rings.